The van der Waals surface area contributed by atoms with Gasteiger partial charge in [0, 0.05) is 31.6 Å². The van der Waals surface area contributed by atoms with E-state index in [4.69, 9.17) is 0 Å². The first kappa shape index (κ1) is 16.4. The van der Waals surface area contributed by atoms with Crippen molar-refractivity contribution in [3.8, 4) is 0 Å². The van der Waals surface area contributed by atoms with Gasteiger partial charge in [-0.25, -0.2) is 4.98 Å². The highest BCUT2D eigenvalue weighted by atomic mass is 32.1. The summed E-state index contributed by atoms with van der Waals surface area (Å²) in [5.74, 6) is 0.764. The molecule has 126 valence electrons. The van der Waals surface area contributed by atoms with Gasteiger partial charge in [-0.1, -0.05) is 0 Å². The molecule has 0 aromatic carbocycles. The van der Waals surface area contributed by atoms with E-state index in [0.717, 1.165) is 19.4 Å². The lowest BCUT2D eigenvalue weighted by Crippen LogP contribution is -2.31. The zero-order valence-corrected chi connectivity index (χ0v) is 13.9. The summed E-state index contributed by atoms with van der Waals surface area (Å²) in [6.45, 7) is 1.37. The van der Waals surface area contributed by atoms with Gasteiger partial charge in [-0.15, -0.1) is 0 Å². The van der Waals surface area contributed by atoms with Crippen LogP contribution in [0.3, 0.4) is 0 Å². The Morgan fingerprint density at radius 3 is 3.00 bits per heavy atom. The fourth-order valence-electron chi connectivity index (χ4n) is 2.74. The van der Waals surface area contributed by atoms with E-state index >= 15 is 0 Å². The van der Waals surface area contributed by atoms with Gasteiger partial charge < -0.3 is 10.2 Å². The summed E-state index contributed by atoms with van der Waals surface area (Å²) in [5, 5.41) is 18.0. The highest BCUT2D eigenvalue weighted by molar-refractivity contribution is 7.07. The first-order chi connectivity index (χ1) is 11.6. The Morgan fingerprint density at radius 1 is 1.46 bits per heavy atom. The molecule has 24 heavy (non-hydrogen) atoms. The Morgan fingerprint density at radius 2 is 2.33 bits per heavy atom. The van der Waals surface area contributed by atoms with Crippen LogP contribution in [0.1, 0.15) is 18.4 Å². The van der Waals surface area contributed by atoms with Gasteiger partial charge in [0.2, 0.25) is 5.91 Å². The van der Waals surface area contributed by atoms with Gasteiger partial charge in [0.25, 0.3) is 5.69 Å². The number of likely N-dealkylation sites (tertiary alicyclic amines) is 1. The minimum Gasteiger partial charge on any atom is -0.365 e. The van der Waals surface area contributed by atoms with E-state index < -0.39 is 4.92 Å². The van der Waals surface area contributed by atoms with Crippen molar-refractivity contribution >= 4 is 28.7 Å². The number of amides is 1. The molecule has 0 radical (unpaired) electrons. The number of nitrogens with zero attached hydrogens (tertiary/aromatic N) is 3. The van der Waals surface area contributed by atoms with Crippen LogP contribution in [-0.4, -0.2) is 39.8 Å². The van der Waals surface area contributed by atoms with Gasteiger partial charge in [0.15, 0.2) is 0 Å². The van der Waals surface area contributed by atoms with Crippen LogP contribution in [0, 0.1) is 10.1 Å². The number of pyridine rings is 1. The molecule has 0 saturated carbocycles. The van der Waals surface area contributed by atoms with E-state index in [2.05, 4.69) is 15.7 Å². The van der Waals surface area contributed by atoms with Gasteiger partial charge in [-0.3, -0.25) is 14.9 Å². The molecule has 3 heterocycles. The maximum absolute atomic E-state index is 12.3. The molecule has 7 nitrogen and oxygen atoms in total. The molecule has 1 N–H and O–H groups in total. The van der Waals surface area contributed by atoms with Crippen molar-refractivity contribution in [1.82, 2.24) is 9.88 Å². The Bertz CT molecular complexity index is 703. The van der Waals surface area contributed by atoms with E-state index in [1.54, 1.807) is 17.4 Å². The number of hydrogen-bond acceptors (Lipinski definition) is 6. The van der Waals surface area contributed by atoms with Crippen LogP contribution >= 0.6 is 11.3 Å². The predicted octanol–water partition coefficient (Wildman–Crippen LogP) is 2.70. The van der Waals surface area contributed by atoms with Crippen molar-refractivity contribution in [3.05, 3.63) is 50.8 Å². The first-order valence-corrected chi connectivity index (χ1v) is 8.72. The second-order valence-electron chi connectivity index (χ2n) is 5.76. The highest BCUT2D eigenvalue weighted by Crippen LogP contribution is 2.18. The average Bonchev–Trinajstić information content (AvgIpc) is 3.25. The van der Waals surface area contributed by atoms with Gasteiger partial charge in [-0.2, -0.15) is 11.3 Å². The summed E-state index contributed by atoms with van der Waals surface area (Å²) < 4.78 is 0. The molecule has 2 aromatic heterocycles. The zero-order valence-electron chi connectivity index (χ0n) is 13.1. The van der Waals surface area contributed by atoms with Gasteiger partial charge in [0.1, 0.15) is 12.0 Å². The van der Waals surface area contributed by atoms with Crippen LogP contribution in [-0.2, 0) is 11.2 Å². The SMILES string of the molecule is O=C(CCc1ccsc1)N1CC[C@@H](Nc2ccc([N+](=O)[O-])cn2)C1. The number of aryl methyl sites for hydroxylation is 1. The number of carbonyl (C=O) groups excluding carboxylic acids is 1. The smallest absolute Gasteiger partial charge is 0.287 e. The molecule has 0 bridgehead atoms. The minimum atomic E-state index is -0.472. The van der Waals surface area contributed by atoms with Crippen molar-refractivity contribution in [2.24, 2.45) is 0 Å². The lowest BCUT2D eigenvalue weighted by Gasteiger charge is -2.17. The molecule has 0 aliphatic carbocycles. The number of thiophene rings is 1. The summed E-state index contributed by atoms with van der Waals surface area (Å²) in [5.41, 5.74) is 1.18. The van der Waals surface area contributed by atoms with Crippen LogP contribution in [0.15, 0.2) is 35.2 Å². The summed E-state index contributed by atoms with van der Waals surface area (Å²) in [4.78, 5) is 28.3. The molecule has 1 amide bonds. The topological polar surface area (TPSA) is 88.4 Å². The van der Waals surface area contributed by atoms with Crippen LogP contribution in [0.25, 0.3) is 0 Å². The molecular formula is C16H18N4O3S. The van der Waals surface area contributed by atoms with Crippen molar-refractivity contribution in [2.75, 3.05) is 18.4 Å². The maximum Gasteiger partial charge on any atom is 0.287 e. The largest absolute Gasteiger partial charge is 0.365 e. The lowest BCUT2D eigenvalue weighted by atomic mass is 10.2. The van der Waals surface area contributed by atoms with E-state index in [-0.39, 0.29) is 17.6 Å². The number of rotatable bonds is 6. The Kier molecular flexibility index (Phi) is 5.05. The minimum absolute atomic E-state index is 0.0304. The maximum atomic E-state index is 12.3. The third kappa shape index (κ3) is 4.08. The van der Waals surface area contributed by atoms with Crippen molar-refractivity contribution in [1.29, 1.82) is 0 Å². The second-order valence-corrected chi connectivity index (χ2v) is 6.54. The van der Waals surface area contributed by atoms with Crippen molar-refractivity contribution in [2.45, 2.75) is 25.3 Å². The van der Waals surface area contributed by atoms with Crippen LogP contribution in [0.2, 0.25) is 0 Å². The molecule has 1 aliphatic rings. The molecule has 1 atom stereocenters. The van der Waals surface area contributed by atoms with E-state index in [1.165, 1.54) is 17.8 Å². The fraction of sp³-hybridized carbons (Fsp3) is 0.375. The fourth-order valence-corrected chi connectivity index (χ4v) is 3.44. The molecular weight excluding hydrogens is 328 g/mol. The molecule has 1 saturated heterocycles. The summed E-state index contributed by atoms with van der Waals surface area (Å²) >= 11 is 1.64. The van der Waals surface area contributed by atoms with Gasteiger partial charge >= 0.3 is 0 Å². The van der Waals surface area contributed by atoms with Crippen LogP contribution in [0.4, 0.5) is 11.5 Å². The van der Waals surface area contributed by atoms with E-state index in [9.17, 15) is 14.9 Å². The number of nitrogens with one attached hydrogen (secondary N) is 1. The normalized spacial score (nSPS) is 17.0. The van der Waals surface area contributed by atoms with Crippen molar-refractivity contribution < 1.29 is 9.72 Å². The van der Waals surface area contributed by atoms with E-state index in [0.29, 0.717) is 18.8 Å². The third-order valence-corrected chi connectivity index (χ3v) is 4.79. The zero-order chi connectivity index (χ0) is 16.9. The highest BCUT2D eigenvalue weighted by Gasteiger charge is 2.26. The lowest BCUT2D eigenvalue weighted by molar-refractivity contribution is -0.385. The summed E-state index contributed by atoms with van der Waals surface area (Å²) in [6, 6.07) is 5.20. The summed E-state index contributed by atoms with van der Waals surface area (Å²) in [7, 11) is 0. The molecule has 0 spiro atoms. The molecule has 0 unspecified atom stereocenters. The molecule has 1 aliphatic heterocycles. The number of anilines is 1. The Labute approximate surface area is 143 Å². The van der Waals surface area contributed by atoms with Crippen LogP contribution in [0.5, 0.6) is 0 Å². The molecule has 2 aromatic rings. The number of hydrogen-bond donors (Lipinski definition) is 1. The third-order valence-electron chi connectivity index (χ3n) is 4.06. The van der Waals surface area contributed by atoms with Gasteiger partial charge in [-0.05, 0) is 41.3 Å². The monoisotopic (exact) mass is 346 g/mol. The van der Waals surface area contributed by atoms with Gasteiger partial charge in [0.05, 0.1) is 4.92 Å². The Balaban J connectivity index is 1.47. The standard InChI is InChI=1S/C16H18N4O3S/c21-16(4-1-12-6-8-24-11-12)19-7-5-13(10-19)18-15-3-2-14(9-17-15)20(22)23/h2-3,6,8-9,11,13H,1,4-5,7,10H2,(H,17,18)/t13-/m1/s1. The quantitative estimate of drug-likeness (QED) is 0.642. The number of carbonyl (C=O) groups is 1. The summed E-state index contributed by atoms with van der Waals surface area (Å²) in [6.07, 6.45) is 3.39. The Hall–Kier alpha value is -2.48. The number of aromatic nitrogens is 1. The molecule has 8 heteroatoms. The van der Waals surface area contributed by atoms with Crippen molar-refractivity contribution in [3.63, 3.8) is 0 Å². The second kappa shape index (κ2) is 7.39. The molecule has 3 rings (SSSR count). The predicted molar refractivity (Wildman–Crippen MR) is 92.1 cm³/mol. The van der Waals surface area contributed by atoms with E-state index in [1.807, 2.05) is 16.3 Å². The molecule has 1 fully saturated rings. The number of nitro groups is 1. The average molecular weight is 346 g/mol. The first-order valence-electron chi connectivity index (χ1n) is 7.77. The van der Waals surface area contributed by atoms with Crippen LogP contribution < -0.4 is 5.32 Å².